The SMILES string of the molecule is CCCN(CC(=O)O)C(=O)C(NC(=O)c1ccccc1Cl)C(C)C. The van der Waals surface area contributed by atoms with Gasteiger partial charge in [0, 0.05) is 6.54 Å². The molecule has 7 heteroatoms. The molecule has 0 bridgehead atoms. The molecule has 2 N–H and O–H groups in total. The number of amides is 2. The third-order valence-electron chi connectivity index (χ3n) is 3.47. The van der Waals surface area contributed by atoms with Crippen LogP contribution in [-0.4, -0.2) is 46.9 Å². The molecule has 0 heterocycles. The first kappa shape index (κ1) is 20.0. The van der Waals surface area contributed by atoms with Gasteiger partial charge < -0.3 is 15.3 Å². The number of aliphatic carboxylic acids is 1. The Balaban J connectivity index is 2.96. The molecule has 0 saturated heterocycles. The van der Waals surface area contributed by atoms with Crippen molar-refractivity contribution in [1.82, 2.24) is 10.2 Å². The summed E-state index contributed by atoms with van der Waals surface area (Å²) >= 11 is 6.01. The second-order valence-electron chi connectivity index (χ2n) is 5.83. The minimum absolute atomic E-state index is 0.197. The van der Waals surface area contributed by atoms with Crippen LogP contribution in [0.15, 0.2) is 24.3 Å². The van der Waals surface area contributed by atoms with Crippen molar-refractivity contribution < 1.29 is 19.5 Å². The molecule has 2 amide bonds. The van der Waals surface area contributed by atoms with Gasteiger partial charge in [0.2, 0.25) is 5.91 Å². The zero-order valence-corrected chi connectivity index (χ0v) is 14.8. The van der Waals surface area contributed by atoms with Gasteiger partial charge in [-0.2, -0.15) is 0 Å². The molecule has 0 aliphatic carbocycles. The molecular formula is C17H23ClN2O4. The molecule has 0 aliphatic rings. The third kappa shape index (κ3) is 5.53. The van der Waals surface area contributed by atoms with E-state index in [4.69, 9.17) is 16.7 Å². The average Bonchev–Trinajstić information content (AvgIpc) is 2.51. The maximum atomic E-state index is 12.7. The van der Waals surface area contributed by atoms with E-state index in [0.29, 0.717) is 18.0 Å². The number of carboxylic acid groups (broad SMARTS) is 1. The maximum Gasteiger partial charge on any atom is 0.323 e. The molecule has 1 unspecified atom stereocenters. The fourth-order valence-corrected chi connectivity index (χ4v) is 2.50. The summed E-state index contributed by atoms with van der Waals surface area (Å²) < 4.78 is 0. The lowest BCUT2D eigenvalue weighted by molar-refractivity contribution is -0.145. The zero-order chi connectivity index (χ0) is 18.3. The number of hydrogen-bond acceptors (Lipinski definition) is 3. The number of halogens is 1. The predicted octanol–water partition coefficient (Wildman–Crippen LogP) is 2.42. The van der Waals surface area contributed by atoms with Gasteiger partial charge in [0.1, 0.15) is 12.6 Å². The van der Waals surface area contributed by atoms with E-state index in [-0.39, 0.29) is 11.5 Å². The molecule has 0 fully saturated rings. The van der Waals surface area contributed by atoms with E-state index in [1.165, 1.54) is 4.90 Å². The van der Waals surface area contributed by atoms with Gasteiger partial charge in [-0.15, -0.1) is 0 Å². The number of rotatable bonds is 8. The molecule has 1 atom stereocenters. The minimum Gasteiger partial charge on any atom is -0.480 e. The summed E-state index contributed by atoms with van der Waals surface area (Å²) in [7, 11) is 0. The van der Waals surface area contributed by atoms with Crippen molar-refractivity contribution in [1.29, 1.82) is 0 Å². The van der Waals surface area contributed by atoms with Gasteiger partial charge >= 0.3 is 5.97 Å². The highest BCUT2D eigenvalue weighted by Crippen LogP contribution is 2.16. The van der Waals surface area contributed by atoms with Crippen LogP contribution in [0.4, 0.5) is 0 Å². The fourth-order valence-electron chi connectivity index (χ4n) is 2.27. The number of nitrogens with one attached hydrogen (secondary N) is 1. The summed E-state index contributed by atoms with van der Waals surface area (Å²) in [6.45, 7) is 5.36. The quantitative estimate of drug-likeness (QED) is 0.750. The molecular weight excluding hydrogens is 332 g/mol. The van der Waals surface area contributed by atoms with Gasteiger partial charge in [0.05, 0.1) is 10.6 Å². The molecule has 0 spiro atoms. The molecule has 1 aromatic carbocycles. The number of hydrogen-bond donors (Lipinski definition) is 2. The average molecular weight is 355 g/mol. The Morgan fingerprint density at radius 3 is 2.38 bits per heavy atom. The van der Waals surface area contributed by atoms with Crippen LogP contribution in [0.25, 0.3) is 0 Å². The smallest absolute Gasteiger partial charge is 0.323 e. The maximum absolute atomic E-state index is 12.7. The van der Waals surface area contributed by atoms with E-state index in [1.54, 1.807) is 38.1 Å². The van der Waals surface area contributed by atoms with Crippen molar-refractivity contribution in [2.45, 2.75) is 33.2 Å². The van der Waals surface area contributed by atoms with Gasteiger partial charge in [0.15, 0.2) is 0 Å². The fraction of sp³-hybridized carbons (Fsp3) is 0.471. The van der Waals surface area contributed by atoms with Crippen molar-refractivity contribution in [3.8, 4) is 0 Å². The Morgan fingerprint density at radius 1 is 1.25 bits per heavy atom. The lowest BCUT2D eigenvalue weighted by atomic mass is 10.0. The Bertz CT molecular complexity index is 604. The molecule has 6 nitrogen and oxygen atoms in total. The first-order chi connectivity index (χ1) is 11.3. The highest BCUT2D eigenvalue weighted by Gasteiger charge is 2.30. The topological polar surface area (TPSA) is 86.7 Å². The van der Waals surface area contributed by atoms with Crippen molar-refractivity contribution in [2.24, 2.45) is 5.92 Å². The largest absolute Gasteiger partial charge is 0.480 e. The van der Waals surface area contributed by atoms with Gasteiger partial charge in [-0.1, -0.05) is 44.5 Å². The molecule has 1 rings (SSSR count). The molecule has 1 aromatic rings. The summed E-state index contributed by atoms with van der Waals surface area (Å²) in [6.07, 6.45) is 0.627. The van der Waals surface area contributed by atoms with Crippen LogP contribution in [0.1, 0.15) is 37.6 Å². The van der Waals surface area contributed by atoms with Crippen molar-refractivity contribution in [3.05, 3.63) is 34.9 Å². The summed E-state index contributed by atoms with van der Waals surface area (Å²) in [5.41, 5.74) is 0.276. The number of carboxylic acids is 1. The van der Waals surface area contributed by atoms with Crippen LogP contribution in [-0.2, 0) is 9.59 Å². The molecule has 0 aromatic heterocycles. The number of carbonyl (C=O) groups is 3. The molecule has 24 heavy (non-hydrogen) atoms. The Labute approximate surface area is 146 Å². The lowest BCUT2D eigenvalue weighted by Gasteiger charge is -2.28. The van der Waals surface area contributed by atoms with Crippen LogP contribution >= 0.6 is 11.6 Å². The van der Waals surface area contributed by atoms with E-state index in [2.05, 4.69) is 5.32 Å². The second-order valence-corrected chi connectivity index (χ2v) is 6.24. The van der Waals surface area contributed by atoms with Gasteiger partial charge in [-0.05, 0) is 24.5 Å². The highest BCUT2D eigenvalue weighted by molar-refractivity contribution is 6.33. The van der Waals surface area contributed by atoms with Crippen LogP contribution in [0.2, 0.25) is 5.02 Å². The first-order valence-corrected chi connectivity index (χ1v) is 8.21. The van der Waals surface area contributed by atoms with Crippen LogP contribution < -0.4 is 5.32 Å². The summed E-state index contributed by atoms with van der Waals surface area (Å²) in [4.78, 5) is 37.3. The van der Waals surface area contributed by atoms with E-state index in [9.17, 15) is 14.4 Å². The minimum atomic E-state index is -1.09. The van der Waals surface area contributed by atoms with Crippen LogP contribution in [0.5, 0.6) is 0 Å². The predicted molar refractivity (Wildman–Crippen MR) is 92.1 cm³/mol. The standard InChI is InChI=1S/C17H23ClN2O4/c1-4-9-20(10-14(21)22)17(24)15(11(2)3)19-16(23)12-7-5-6-8-13(12)18/h5-8,11,15H,4,9-10H2,1-3H3,(H,19,23)(H,21,22). The Hall–Kier alpha value is -2.08. The van der Waals surface area contributed by atoms with Crippen LogP contribution in [0, 0.1) is 5.92 Å². The normalized spacial score (nSPS) is 11.9. The van der Waals surface area contributed by atoms with E-state index in [1.807, 2.05) is 6.92 Å². The van der Waals surface area contributed by atoms with Gasteiger partial charge in [-0.3, -0.25) is 14.4 Å². The van der Waals surface area contributed by atoms with E-state index >= 15 is 0 Å². The van der Waals surface area contributed by atoms with Crippen molar-refractivity contribution >= 4 is 29.4 Å². The Morgan fingerprint density at radius 2 is 1.88 bits per heavy atom. The van der Waals surface area contributed by atoms with Gasteiger partial charge in [-0.25, -0.2) is 0 Å². The zero-order valence-electron chi connectivity index (χ0n) is 14.1. The number of carbonyl (C=O) groups excluding carboxylic acids is 2. The summed E-state index contributed by atoms with van der Waals surface area (Å²) in [6, 6.07) is 5.73. The second kappa shape index (κ2) is 9.27. The molecule has 0 aliphatic heterocycles. The van der Waals surface area contributed by atoms with Gasteiger partial charge in [0.25, 0.3) is 5.91 Å². The van der Waals surface area contributed by atoms with Crippen LogP contribution in [0.3, 0.4) is 0 Å². The summed E-state index contributed by atoms with van der Waals surface area (Å²) in [5, 5.41) is 11.9. The first-order valence-electron chi connectivity index (χ1n) is 7.83. The third-order valence-corrected chi connectivity index (χ3v) is 3.80. The monoisotopic (exact) mass is 354 g/mol. The molecule has 0 radical (unpaired) electrons. The number of benzene rings is 1. The Kier molecular flexibility index (Phi) is 7.71. The highest BCUT2D eigenvalue weighted by atomic mass is 35.5. The van der Waals surface area contributed by atoms with Crippen molar-refractivity contribution in [2.75, 3.05) is 13.1 Å². The van der Waals surface area contributed by atoms with E-state index < -0.39 is 30.4 Å². The summed E-state index contributed by atoms with van der Waals surface area (Å²) in [5.74, 6) is -2.15. The van der Waals surface area contributed by atoms with E-state index in [0.717, 1.165) is 0 Å². The molecule has 0 saturated carbocycles. The molecule has 132 valence electrons. The number of nitrogens with zero attached hydrogens (tertiary/aromatic N) is 1. The lowest BCUT2D eigenvalue weighted by Crippen LogP contribution is -2.52. The van der Waals surface area contributed by atoms with Crippen molar-refractivity contribution in [3.63, 3.8) is 0 Å².